The van der Waals surface area contributed by atoms with Gasteiger partial charge in [-0.3, -0.25) is 4.79 Å². The summed E-state index contributed by atoms with van der Waals surface area (Å²) in [5, 5.41) is 5.30. The van der Waals surface area contributed by atoms with Gasteiger partial charge in [-0.2, -0.15) is 26.3 Å². The Balaban J connectivity index is 1.90. The summed E-state index contributed by atoms with van der Waals surface area (Å²) in [5.74, 6) is -3.54. The monoisotopic (exact) mass is 446 g/mol. The van der Waals surface area contributed by atoms with Crippen molar-refractivity contribution < 1.29 is 31.1 Å². The molecule has 0 saturated carbocycles. The van der Waals surface area contributed by atoms with Crippen LogP contribution in [0.25, 0.3) is 11.4 Å². The van der Waals surface area contributed by atoms with Gasteiger partial charge in [0.15, 0.2) is 0 Å². The molecule has 0 spiro atoms. The highest BCUT2D eigenvalue weighted by molar-refractivity contribution is 5.95. The minimum Gasteiger partial charge on any atom is -0.354 e. The van der Waals surface area contributed by atoms with E-state index in [4.69, 9.17) is 0 Å². The standard InChI is InChI=1S/C18H16F6N6O/c19-17(20,21)9-5-11(28-12(6-9)30-3-1-25-2-4-30)15-14-10(18(22,23)24)7-13(31)29-16(14)27-8-26-15/h5-6,8,10,25H,1-4,7H2,(H,26,27,29,31)/t10-/m1/s1. The quantitative estimate of drug-likeness (QED) is 0.691. The van der Waals surface area contributed by atoms with Crippen LogP contribution in [-0.2, 0) is 11.0 Å². The molecule has 0 aliphatic carbocycles. The van der Waals surface area contributed by atoms with Crippen LogP contribution >= 0.6 is 0 Å². The predicted octanol–water partition coefficient (Wildman–Crippen LogP) is 2.96. The molecule has 0 bridgehead atoms. The van der Waals surface area contributed by atoms with Crippen molar-refractivity contribution in [3.8, 4) is 11.4 Å². The van der Waals surface area contributed by atoms with E-state index in [0.29, 0.717) is 32.2 Å². The number of hydrogen-bond donors (Lipinski definition) is 2. The molecule has 2 aromatic heterocycles. The van der Waals surface area contributed by atoms with Crippen LogP contribution < -0.4 is 15.5 Å². The number of alkyl halides is 6. The molecular weight excluding hydrogens is 430 g/mol. The van der Waals surface area contributed by atoms with E-state index < -0.39 is 47.4 Å². The Labute approximate surface area is 171 Å². The summed E-state index contributed by atoms with van der Waals surface area (Å²) in [7, 11) is 0. The van der Waals surface area contributed by atoms with Crippen molar-refractivity contribution >= 4 is 17.5 Å². The zero-order chi connectivity index (χ0) is 22.4. The molecule has 1 amide bonds. The molecule has 1 atom stereocenters. The molecule has 0 radical (unpaired) electrons. The van der Waals surface area contributed by atoms with Gasteiger partial charge in [0, 0.05) is 38.2 Å². The van der Waals surface area contributed by atoms with Gasteiger partial charge in [0.1, 0.15) is 18.0 Å². The van der Waals surface area contributed by atoms with E-state index in [1.807, 2.05) is 0 Å². The van der Waals surface area contributed by atoms with Gasteiger partial charge in [0.25, 0.3) is 0 Å². The Hall–Kier alpha value is -2.96. The van der Waals surface area contributed by atoms with E-state index in [-0.39, 0.29) is 17.3 Å². The molecule has 166 valence electrons. The minimum atomic E-state index is -4.82. The first kappa shape index (κ1) is 21.3. The zero-order valence-electron chi connectivity index (χ0n) is 15.8. The van der Waals surface area contributed by atoms with Crippen LogP contribution in [0.5, 0.6) is 0 Å². The normalized spacial score (nSPS) is 19.7. The third kappa shape index (κ3) is 4.27. The van der Waals surface area contributed by atoms with Crippen LogP contribution in [-0.4, -0.2) is 53.2 Å². The lowest BCUT2D eigenvalue weighted by Crippen LogP contribution is -2.44. The lowest BCUT2D eigenvalue weighted by atomic mass is 9.89. The lowest BCUT2D eigenvalue weighted by Gasteiger charge is -2.30. The Kier molecular flexibility index (Phi) is 5.23. The van der Waals surface area contributed by atoms with Crippen molar-refractivity contribution in [3.63, 3.8) is 0 Å². The van der Waals surface area contributed by atoms with Gasteiger partial charge in [0.05, 0.1) is 22.9 Å². The fraction of sp³-hybridized carbons (Fsp3) is 0.444. The summed E-state index contributed by atoms with van der Waals surface area (Å²) in [6.07, 6.45) is -9.60. The molecule has 2 aliphatic heterocycles. The number of anilines is 2. The molecule has 13 heteroatoms. The molecule has 2 aliphatic rings. The fourth-order valence-corrected chi connectivity index (χ4v) is 3.64. The highest BCUT2D eigenvalue weighted by atomic mass is 19.4. The largest absolute Gasteiger partial charge is 0.416 e. The lowest BCUT2D eigenvalue weighted by molar-refractivity contribution is -0.156. The SMILES string of the molecule is O=C1C[C@@H](C(F)(F)F)c2c(ncnc2-c2cc(C(F)(F)F)cc(N3CCNCC3)n2)N1. The molecule has 4 heterocycles. The number of nitrogens with zero attached hydrogens (tertiary/aromatic N) is 4. The van der Waals surface area contributed by atoms with Gasteiger partial charge in [-0.15, -0.1) is 0 Å². The first-order valence-corrected chi connectivity index (χ1v) is 9.31. The number of halogens is 6. The number of nitrogens with one attached hydrogen (secondary N) is 2. The van der Waals surface area contributed by atoms with Gasteiger partial charge in [-0.05, 0) is 12.1 Å². The van der Waals surface area contributed by atoms with Crippen molar-refractivity contribution in [2.45, 2.75) is 24.7 Å². The smallest absolute Gasteiger partial charge is 0.354 e. The maximum Gasteiger partial charge on any atom is 0.416 e. The predicted molar refractivity (Wildman–Crippen MR) is 97.4 cm³/mol. The molecule has 2 N–H and O–H groups in total. The van der Waals surface area contributed by atoms with E-state index in [2.05, 4.69) is 25.6 Å². The van der Waals surface area contributed by atoms with E-state index in [1.165, 1.54) is 0 Å². The van der Waals surface area contributed by atoms with E-state index in [1.54, 1.807) is 4.90 Å². The maximum atomic E-state index is 13.7. The topological polar surface area (TPSA) is 83.0 Å². The molecule has 1 saturated heterocycles. The molecule has 2 aromatic rings. The van der Waals surface area contributed by atoms with E-state index in [9.17, 15) is 31.1 Å². The van der Waals surface area contributed by atoms with Gasteiger partial charge >= 0.3 is 12.4 Å². The number of carbonyl (C=O) groups is 1. The Morgan fingerprint density at radius 2 is 1.74 bits per heavy atom. The van der Waals surface area contributed by atoms with Crippen LogP contribution in [0.4, 0.5) is 38.0 Å². The summed E-state index contributed by atoms with van der Waals surface area (Å²) >= 11 is 0. The van der Waals surface area contributed by atoms with E-state index in [0.717, 1.165) is 12.4 Å². The summed E-state index contributed by atoms with van der Waals surface area (Å²) in [6, 6.07) is 1.53. The number of hydrogen-bond acceptors (Lipinski definition) is 6. The highest BCUT2D eigenvalue weighted by Gasteiger charge is 2.47. The number of aromatic nitrogens is 3. The number of carbonyl (C=O) groups excluding carboxylic acids is 1. The zero-order valence-corrected chi connectivity index (χ0v) is 15.8. The first-order valence-electron chi connectivity index (χ1n) is 9.31. The maximum absolute atomic E-state index is 13.7. The van der Waals surface area contributed by atoms with Gasteiger partial charge < -0.3 is 15.5 Å². The second-order valence-electron chi connectivity index (χ2n) is 7.17. The van der Waals surface area contributed by atoms with Gasteiger partial charge in [0.2, 0.25) is 5.91 Å². The molecule has 7 nitrogen and oxygen atoms in total. The van der Waals surface area contributed by atoms with E-state index >= 15 is 0 Å². The third-order valence-electron chi connectivity index (χ3n) is 5.10. The number of rotatable bonds is 2. The molecule has 31 heavy (non-hydrogen) atoms. The van der Waals surface area contributed by atoms with Crippen LogP contribution in [0, 0.1) is 0 Å². The Morgan fingerprint density at radius 1 is 1.03 bits per heavy atom. The minimum absolute atomic E-state index is 0.0120. The first-order chi connectivity index (χ1) is 14.5. The van der Waals surface area contributed by atoms with Crippen molar-refractivity contribution in [1.29, 1.82) is 0 Å². The van der Waals surface area contributed by atoms with Crippen LogP contribution in [0.3, 0.4) is 0 Å². The summed E-state index contributed by atoms with van der Waals surface area (Å²) in [6.45, 7) is 1.82. The number of pyridine rings is 1. The summed E-state index contributed by atoms with van der Waals surface area (Å²) in [5.41, 5.74) is -2.31. The number of fused-ring (bicyclic) bond motifs is 1. The van der Waals surface area contributed by atoms with Crippen molar-refractivity contribution in [3.05, 3.63) is 29.6 Å². The number of amides is 1. The van der Waals surface area contributed by atoms with Gasteiger partial charge in [-0.25, -0.2) is 15.0 Å². The van der Waals surface area contributed by atoms with Crippen molar-refractivity contribution in [2.24, 2.45) is 0 Å². The van der Waals surface area contributed by atoms with Crippen LogP contribution in [0.1, 0.15) is 23.5 Å². The molecule has 0 unspecified atom stereocenters. The third-order valence-corrected chi connectivity index (χ3v) is 5.10. The summed E-state index contributed by atoms with van der Waals surface area (Å²) in [4.78, 5) is 25.1. The van der Waals surface area contributed by atoms with Crippen LogP contribution in [0.15, 0.2) is 18.5 Å². The average molecular weight is 446 g/mol. The molecule has 1 fully saturated rings. The average Bonchev–Trinajstić information content (AvgIpc) is 2.71. The number of piperazine rings is 1. The highest BCUT2D eigenvalue weighted by Crippen LogP contribution is 2.46. The summed E-state index contributed by atoms with van der Waals surface area (Å²) < 4.78 is 81.7. The molecule has 0 aromatic carbocycles. The van der Waals surface area contributed by atoms with Crippen molar-refractivity contribution in [2.75, 3.05) is 36.4 Å². The molecular formula is C18H16F6N6O. The molecule has 4 rings (SSSR count). The second kappa shape index (κ2) is 7.62. The second-order valence-corrected chi connectivity index (χ2v) is 7.17. The Morgan fingerprint density at radius 3 is 2.39 bits per heavy atom. The Bertz CT molecular complexity index is 1000. The van der Waals surface area contributed by atoms with Crippen LogP contribution in [0.2, 0.25) is 0 Å². The fourth-order valence-electron chi connectivity index (χ4n) is 3.64. The van der Waals surface area contributed by atoms with Crippen molar-refractivity contribution in [1.82, 2.24) is 20.3 Å². The van der Waals surface area contributed by atoms with Gasteiger partial charge in [-0.1, -0.05) is 0 Å².